The molecular formula is C16H12BrClF3N3O. The Morgan fingerprint density at radius 3 is 2.44 bits per heavy atom. The Bertz CT molecular complexity index is 873. The minimum atomic E-state index is -1.15. The van der Waals surface area contributed by atoms with E-state index in [1.165, 1.54) is 28.1 Å². The number of hydrogen-bond donors (Lipinski definition) is 1. The van der Waals surface area contributed by atoms with Crippen LogP contribution in [0.2, 0.25) is 5.02 Å². The molecule has 0 fully saturated rings. The van der Waals surface area contributed by atoms with Crippen LogP contribution in [0.1, 0.15) is 12.5 Å². The van der Waals surface area contributed by atoms with Gasteiger partial charge < -0.3 is 10.0 Å². The largest absolute Gasteiger partial charge is 0.369 e. The number of halogens is 5. The van der Waals surface area contributed by atoms with E-state index in [0.29, 0.717) is 21.6 Å². The van der Waals surface area contributed by atoms with Crippen molar-refractivity contribution in [1.29, 1.82) is 0 Å². The van der Waals surface area contributed by atoms with E-state index < -0.39 is 29.2 Å². The highest BCUT2D eigenvalue weighted by Gasteiger charge is 2.32. The van der Waals surface area contributed by atoms with Crippen LogP contribution in [-0.2, 0) is 0 Å². The van der Waals surface area contributed by atoms with Crippen LogP contribution in [0.15, 0.2) is 35.1 Å². The van der Waals surface area contributed by atoms with Crippen molar-refractivity contribution < 1.29 is 18.3 Å². The second kappa shape index (κ2) is 6.86. The van der Waals surface area contributed by atoms with E-state index in [0.717, 1.165) is 0 Å². The van der Waals surface area contributed by atoms with Gasteiger partial charge in [0.1, 0.15) is 17.5 Å². The van der Waals surface area contributed by atoms with Crippen LogP contribution in [0.5, 0.6) is 0 Å². The van der Waals surface area contributed by atoms with Crippen molar-refractivity contribution >= 4 is 38.9 Å². The summed E-state index contributed by atoms with van der Waals surface area (Å²) < 4.78 is 43.8. The van der Waals surface area contributed by atoms with Gasteiger partial charge in [-0.15, -0.1) is 0 Å². The molecule has 0 aliphatic carbocycles. The molecule has 4 nitrogen and oxygen atoms in total. The monoisotopic (exact) mass is 433 g/mol. The normalized spacial score (nSPS) is 18.0. The fraction of sp³-hybridized carbons (Fsp3) is 0.188. The summed E-state index contributed by atoms with van der Waals surface area (Å²) in [7, 11) is 0. The minimum Gasteiger partial charge on any atom is -0.369 e. The fourth-order valence-corrected chi connectivity index (χ4v) is 3.27. The van der Waals surface area contributed by atoms with Gasteiger partial charge in [0.2, 0.25) is 0 Å². The van der Waals surface area contributed by atoms with E-state index >= 15 is 0 Å². The summed E-state index contributed by atoms with van der Waals surface area (Å²) in [6.45, 7) is 1.94. The van der Waals surface area contributed by atoms with E-state index in [4.69, 9.17) is 11.6 Å². The van der Waals surface area contributed by atoms with Crippen molar-refractivity contribution in [3.63, 3.8) is 0 Å². The number of rotatable bonds is 3. The highest BCUT2D eigenvalue weighted by Crippen LogP contribution is 2.38. The number of likely N-dealkylation sites (N-methyl/N-ethyl adjacent to an activating group) is 1. The molecule has 0 spiro atoms. The van der Waals surface area contributed by atoms with Crippen LogP contribution in [0.3, 0.4) is 0 Å². The van der Waals surface area contributed by atoms with Gasteiger partial charge in [-0.1, -0.05) is 27.5 Å². The predicted octanol–water partition coefficient (Wildman–Crippen LogP) is 4.21. The molecule has 1 aliphatic heterocycles. The van der Waals surface area contributed by atoms with Gasteiger partial charge in [-0.05, 0) is 13.0 Å². The van der Waals surface area contributed by atoms with E-state index in [1.807, 2.05) is 0 Å². The Kier molecular flexibility index (Phi) is 4.95. The number of benzene rings is 1. The van der Waals surface area contributed by atoms with Crippen molar-refractivity contribution in [2.75, 3.05) is 6.54 Å². The second-order valence-electron chi connectivity index (χ2n) is 5.27. The molecule has 1 aromatic heterocycles. The standard InChI is InChI=1S/C16H12BrClF3N3O/c1-2-23-15(14-11(20)3-9(19)4-12(14)21)13(5-10(17)16(23)25)24-7-8(18)6-22-24/h3-7,16,25H,2H2,1H3. The summed E-state index contributed by atoms with van der Waals surface area (Å²) in [5.41, 5.74) is -0.150. The lowest BCUT2D eigenvalue weighted by molar-refractivity contribution is 0.0877. The van der Waals surface area contributed by atoms with Crippen LogP contribution in [0.25, 0.3) is 11.4 Å². The third-order valence-corrected chi connectivity index (χ3v) is 4.56. The molecule has 3 rings (SSSR count). The van der Waals surface area contributed by atoms with Gasteiger partial charge >= 0.3 is 0 Å². The zero-order valence-corrected chi connectivity index (χ0v) is 15.2. The van der Waals surface area contributed by atoms with E-state index in [2.05, 4.69) is 21.0 Å². The van der Waals surface area contributed by atoms with Gasteiger partial charge in [0.25, 0.3) is 0 Å². The molecule has 9 heteroatoms. The summed E-state index contributed by atoms with van der Waals surface area (Å²) in [5, 5.41) is 14.8. The van der Waals surface area contributed by atoms with Gasteiger partial charge in [-0.3, -0.25) is 0 Å². The van der Waals surface area contributed by atoms with Gasteiger partial charge in [0.05, 0.1) is 28.2 Å². The SMILES string of the molecule is CCN1C(c2c(F)cc(F)cc2F)=C(n2cc(Cl)cn2)C=C(Br)C1O. The molecule has 0 amide bonds. The van der Waals surface area contributed by atoms with Gasteiger partial charge in [0.15, 0.2) is 6.23 Å². The minimum absolute atomic E-state index is 0.0352. The predicted molar refractivity (Wildman–Crippen MR) is 92.1 cm³/mol. The van der Waals surface area contributed by atoms with Gasteiger partial charge in [-0.2, -0.15) is 5.10 Å². The molecule has 132 valence electrons. The summed E-state index contributed by atoms with van der Waals surface area (Å²) >= 11 is 9.13. The van der Waals surface area contributed by atoms with Gasteiger partial charge in [0, 0.05) is 29.4 Å². The first-order valence-electron chi connectivity index (χ1n) is 7.25. The fourth-order valence-electron chi connectivity index (χ4n) is 2.67. The maximum absolute atomic E-state index is 14.4. The first-order valence-corrected chi connectivity index (χ1v) is 8.42. The van der Waals surface area contributed by atoms with Crippen LogP contribution in [-0.4, -0.2) is 32.6 Å². The first kappa shape index (κ1) is 18.0. The molecule has 0 saturated heterocycles. The third kappa shape index (κ3) is 3.21. The van der Waals surface area contributed by atoms with Crippen LogP contribution < -0.4 is 0 Å². The molecule has 2 heterocycles. The summed E-state index contributed by atoms with van der Waals surface area (Å²) in [6, 6.07) is 1.18. The highest BCUT2D eigenvalue weighted by molar-refractivity contribution is 9.11. The lowest BCUT2D eigenvalue weighted by Crippen LogP contribution is -2.37. The zero-order valence-electron chi connectivity index (χ0n) is 12.8. The Hall–Kier alpha value is -1.77. The highest BCUT2D eigenvalue weighted by atomic mass is 79.9. The Morgan fingerprint density at radius 2 is 1.92 bits per heavy atom. The van der Waals surface area contributed by atoms with Crippen molar-refractivity contribution in [3.05, 3.63) is 63.1 Å². The Morgan fingerprint density at radius 1 is 1.28 bits per heavy atom. The van der Waals surface area contributed by atoms with Crippen molar-refractivity contribution in [1.82, 2.24) is 14.7 Å². The van der Waals surface area contributed by atoms with E-state index in [-0.39, 0.29) is 17.9 Å². The molecule has 25 heavy (non-hydrogen) atoms. The maximum Gasteiger partial charge on any atom is 0.159 e. The average molecular weight is 435 g/mol. The Labute approximate surface area is 154 Å². The second-order valence-corrected chi connectivity index (χ2v) is 6.62. The molecule has 0 bridgehead atoms. The van der Waals surface area contributed by atoms with E-state index in [1.54, 1.807) is 6.92 Å². The van der Waals surface area contributed by atoms with Crippen LogP contribution >= 0.6 is 27.5 Å². The zero-order chi connectivity index (χ0) is 18.3. The van der Waals surface area contributed by atoms with Gasteiger partial charge in [-0.25, -0.2) is 17.9 Å². The molecule has 0 radical (unpaired) electrons. The number of nitrogens with zero attached hydrogens (tertiary/aromatic N) is 3. The third-order valence-electron chi connectivity index (χ3n) is 3.73. The Balaban J connectivity index is 2.35. The average Bonchev–Trinajstić information content (AvgIpc) is 2.96. The molecule has 1 N–H and O–H groups in total. The molecule has 1 atom stereocenters. The number of aliphatic hydroxyl groups excluding tert-OH is 1. The van der Waals surface area contributed by atoms with E-state index in [9.17, 15) is 18.3 Å². The summed E-state index contributed by atoms with van der Waals surface area (Å²) in [6.07, 6.45) is 3.15. The maximum atomic E-state index is 14.4. The summed E-state index contributed by atoms with van der Waals surface area (Å²) in [4.78, 5) is 1.37. The first-order chi connectivity index (χ1) is 11.8. The number of hydrogen-bond acceptors (Lipinski definition) is 3. The van der Waals surface area contributed by atoms with Crippen molar-refractivity contribution in [3.8, 4) is 0 Å². The molecule has 1 aliphatic rings. The smallest absolute Gasteiger partial charge is 0.159 e. The molecule has 2 aromatic rings. The molecular weight excluding hydrogens is 423 g/mol. The van der Waals surface area contributed by atoms with Crippen LogP contribution in [0, 0.1) is 17.5 Å². The van der Waals surface area contributed by atoms with Crippen molar-refractivity contribution in [2.45, 2.75) is 13.2 Å². The lowest BCUT2D eigenvalue weighted by Gasteiger charge is -2.36. The lowest BCUT2D eigenvalue weighted by atomic mass is 10.0. The number of aliphatic hydroxyl groups is 1. The quantitative estimate of drug-likeness (QED) is 0.787. The molecule has 1 unspecified atom stereocenters. The van der Waals surface area contributed by atoms with Crippen LogP contribution in [0.4, 0.5) is 13.2 Å². The summed E-state index contributed by atoms with van der Waals surface area (Å²) in [5.74, 6) is -3.19. The topological polar surface area (TPSA) is 41.3 Å². The molecule has 0 saturated carbocycles. The number of aromatic nitrogens is 2. The number of allylic oxidation sites excluding steroid dienone is 2. The molecule has 1 aromatic carbocycles. The van der Waals surface area contributed by atoms with Crippen molar-refractivity contribution in [2.24, 2.45) is 0 Å².